The maximum absolute atomic E-state index is 11.9. The molecule has 0 saturated carbocycles. The van der Waals surface area contributed by atoms with Crippen LogP contribution in [0.1, 0.15) is 29.4 Å². The molecule has 1 saturated heterocycles. The molecule has 1 aliphatic rings. The van der Waals surface area contributed by atoms with Crippen LogP contribution in [-0.2, 0) is 0 Å². The number of nitrogens with zero attached hydrogens (tertiary/aromatic N) is 1. The van der Waals surface area contributed by atoms with Crippen molar-refractivity contribution in [3.63, 3.8) is 0 Å². The minimum absolute atomic E-state index is 0.208. The topological polar surface area (TPSA) is 20.3 Å². The number of likely N-dealkylation sites (tertiary alicyclic amines) is 1. The van der Waals surface area contributed by atoms with E-state index in [2.05, 4.69) is 6.92 Å². The molecule has 70 valence electrons. The normalized spacial score (nSPS) is 22.2. The largest absolute Gasteiger partial charge is 0.335 e. The molecule has 2 nitrogen and oxygen atoms in total. The lowest BCUT2D eigenvalue weighted by molar-refractivity contribution is 0.0752. The Morgan fingerprint density at radius 3 is 3.08 bits per heavy atom. The molecule has 0 radical (unpaired) electrons. The van der Waals surface area contributed by atoms with Gasteiger partial charge in [-0.3, -0.25) is 4.79 Å². The molecule has 0 N–H and O–H groups in total. The Bertz CT molecular complexity index is 294. The summed E-state index contributed by atoms with van der Waals surface area (Å²) in [5, 5.41) is 1.95. The Morgan fingerprint density at radius 1 is 1.69 bits per heavy atom. The Kier molecular flexibility index (Phi) is 2.36. The minimum atomic E-state index is 0.208. The Balaban J connectivity index is 2.13. The maximum atomic E-state index is 11.9. The first-order valence-electron chi connectivity index (χ1n) is 4.63. The lowest BCUT2D eigenvalue weighted by Gasteiger charge is -2.20. The fourth-order valence-corrected chi connectivity index (χ4v) is 2.46. The number of thiophene rings is 1. The van der Waals surface area contributed by atoms with E-state index in [4.69, 9.17) is 0 Å². The molecule has 3 heteroatoms. The second-order valence-corrected chi connectivity index (χ2v) is 4.41. The van der Waals surface area contributed by atoms with Crippen LogP contribution in [0, 0.1) is 0 Å². The summed E-state index contributed by atoms with van der Waals surface area (Å²) in [6.07, 6.45) is 2.30. The number of hydrogen-bond acceptors (Lipinski definition) is 2. The number of amides is 1. The van der Waals surface area contributed by atoms with Gasteiger partial charge >= 0.3 is 0 Å². The standard InChI is InChI=1S/C10H13NOS/c1-8-4-2-6-11(8)10(12)9-5-3-7-13-9/h3,5,7-8H,2,4,6H2,1H3. The molecule has 0 bridgehead atoms. The zero-order valence-corrected chi connectivity index (χ0v) is 8.51. The molecule has 1 aromatic rings. The van der Waals surface area contributed by atoms with E-state index in [0.29, 0.717) is 6.04 Å². The van der Waals surface area contributed by atoms with Crippen LogP contribution in [0.25, 0.3) is 0 Å². The molecular formula is C10H13NOS. The van der Waals surface area contributed by atoms with Gasteiger partial charge in [-0.2, -0.15) is 0 Å². The van der Waals surface area contributed by atoms with Gasteiger partial charge in [0.1, 0.15) is 0 Å². The predicted octanol–water partition coefficient (Wildman–Crippen LogP) is 2.37. The van der Waals surface area contributed by atoms with E-state index in [1.165, 1.54) is 11.3 Å². The van der Waals surface area contributed by atoms with Crippen molar-refractivity contribution in [1.29, 1.82) is 0 Å². The van der Waals surface area contributed by atoms with Crippen molar-refractivity contribution in [2.75, 3.05) is 6.54 Å². The first-order valence-corrected chi connectivity index (χ1v) is 5.51. The Labute approximate surface area is 82.2 Å². The molecule has 1 atom stereocenters. The van der Waals surface area contributed by atoms with Gasteiger partial charge in [-0.15, -0.1) is 11.3 Å². The van der Waals surface area contributed by atoms with E-state index < -0.39 is 0 Å². The summed E-state index contributed by atoms with van der Waals surface area (Å²) in [6.45, 7) is 3.05. The van der Waals surface area contributed by atoms with E-state index in [-0.39, 0.29) is 5.91 Å². The van der Waals surface area contributed by atoms with Gasteiger partial charge in [0, 0.05) is 12.6 Å². The second kappa shape index (κ2) is 3.50. The zero-order chi connectivity index (χ0) is 9.26. The molecule has 0 spiro atoms. The van der Waals surface area contributed by atoms with Crippen LogP contribution in [0.15, 0.2) is 17.5 Å². The Hall–Kier alpha value is -0.830. The first-order chi connectivity index (χ1) is 6.29. The maximum Gasteiger partial charge on any atom is 0.264 e. The van der Waals surface area contributed by atoms with E-state index in [0.717, 1.165) is 24.3 Å². The zero-order valence-electron chi connectivity index (χ0n) is 7.69. The highest BCUT2D eigenvalue weighted by Gasteiger charge is 2.26. The summed E-state index contributed by atoms with van der Waals surface area (Å²) in [5.41, 5.74) is 0. The van der Waals surface area contributed by atoms with Gasteiger partial charge < -0.3 is 4.90 Å². The first kappa shape index (κ1) is 8.75. The van der Waals surface area contributed by atoms with Crippen molar-refractivity contribution in [2.24, 2.45) is 0 Å². The molecule has 1 fully saturated rings. The second-order valence-electron chi connectivity index (χ2n) is 3.47. The number of hydrogen-bond donors (Lipinski definition) is 0. The van der Waals surface area contributed by atoms with Crippen LogP contribution in [0.5, 0.6) is 0 Å². The minimum Gasteiger partial charge on any atom is -0.335 e. The predicted molar refractivity (Wildman–Crippen MR) is 54.1 cm³/mol. The summed E-state index contributed by atoms with van der Waals surface area (Å²) in [4.78, 5) is 14.7. The molecule has 2 rings (SSSR count). The molecule has 13 heavy (non-hydrogen) atoms. The lowest BCUT2D eigenvalue weighted by atomic mass is 10.2. The van der Waals surface area contributed by atoms with E-state index >= 15 is 0 Å². The van der Waals surface area contributed by atoms with Crippen LogP contribution in [0.2, 0.25) is 0 Å². The number of rotatable bonds is 1. The van der Waals surface area contributed by atoms with Crippen LogP contribution in [-0.4, -0.2) is 23.4 Å². The molecule has 0 aliphatic carbocycles. The highest BCUT2D eigenvalue weighted by atomic mass is 32.1. The molecule has 1 unspecified atom stereocenters. The summed E-state index contributed by atoms with van der Waals surface area (Å²) in [6, 6.07) is 4.26. The monoisotopic (exact) mass is 195 g/mol. The van der Waals surface area contributed by atoms with Crippen molar-refractivity contribution in [2.45, 2.75) is 25.8 Å². The fourth-order valence-electron chi connectivity index (χ4n) is 1.78. The summed E-state index contributed by atoms with van der Waals surface area (Å²) < 4.78 is 0. The smallest absolute Gasteiger partial charge is 0.264 e. The third kappa shape index (κ3) is 1.61. The molecular weight excluding hydrogens is 182 g/mol. The van der Waals surface area contributed by atoms with Gasteiger partial charge in [0.15, 0.2) is 0 Å². The Morgan fingerprint density at radius 2 is 2.54 bits per heavy atom. The van der Waals surface area contributed by atoms with Crippen molar-refractivity contribution < 1.29 is 4.79 Å². The van der Waals surface area contributed by atoms with E-state index in [9.17, 15) is 4.79 Å². The summed E-state index contributed by atoms with van der Waals surface area (Å²) in [5.74, 6) is 0.208. The third-order valence-corrected chi connectivity index (χ3v) is 3.40. The van der Waals surface area contributed by atoms with Gasteiger partial charge in [-0.25, -0.2) is 0 Å². The molecule has 1 aromatic heterocycles. The highest BCUT2D eigenvalue weighted by molar-refractivity contribution is 7.12. The van der Waals surface area contributed by atoms with Gasteiger partial charge in [0.2, 0.25) is 0 Å². The van der Waals surface area contributed by atoms with Crippen molar-refractivity contribution in [1.82, 2.24) is 4.90 Å². The van der Waals surface area contributed by atoms with E-state index in [1.807, 2.05) is 22.4 Å². The summed E-state index contributed by atoms with van der Waals surface area (Å²) in [7, 11) is 0. The van der Waals surface area contributed by atoms with Crippen LogP contribution in [0.3, 0.4) is 0 Å². The lowest BCUT2D eigenvalue weighted by Crippen LogP contribution is -2.32. The quantitative estimate of drug-likeness (QED) is 0.673. The third-order valence-electron chi connectivity index (χ3n) is 2.55. The SMILES string of the molecule is CC1CCCN1C(=O)c1cccs1. The average molecular weight is 195 g/mol. The molecule has 0 aromatic carbocycles. The van der Waals surface area contributed by atoms with Gasteiger partial charge in [0.05, 0.1) is 4.88 Å². The molecule has 1 aliphatic heterocycles. The van der Waals surface area contributed by atoms with Gasteiger partial charge in [-0.1, -0.05) is 6.07 Å². The molecule has 1 amide bonds. The average Bonchev–Trinajstić information content (AvgIpc) is 2.72. The highest BCUT2D eigenvalue weighted by Crippen LogP contribution is 2.21. The van der Waals surface area contributed by atoms with Crippen LogP contribution < -0.4 is 0 Å². The fraction of sp³-hybridized carbons (Fsp3) is 0.500. The van der Waals surface area contributed by atoms with Gasteiger partial charge in [0.25, 0.3) is 5.91 Å². The molecule has 2 heterocycles. The number of carbonyl (C=O) groups excluding carboxylic acids is 1. The van der Waals surface area contributed by atoms with Crippen molar-refractivity contribution >= 4 is 17.2 Å². The van der Waals surface area contributed by atoms with Crippen molar-refractivity contribution in [3.8, 4) is 0 Å². The summed E-state index contributed by atoms with van der Waals surface area (Å²) >= 11 is 1.53. The van der Waals surface area contributed by atoms with Crippen LogP contribution in [0.4, 0.5) is 0 Å². The number of carbonyl (C=O) groups is 1. The van der Waals surface area contributed by atoms with Crippen LogP contribution >= 0.6 is 11.3 Å². The van der Waals surface area contributed by atoms with Crippen molar-refractivity contribution in [3.05, 3.63) is 22.4 Å². The van der Waals surface area contributed by atoms with Gasteiger partial charge in [-0.05, 0) is 31.2 Å². The van der Waals surface area contributed by atoms with E-state index in [1.54, 1.807) is 0 Å².